The number of carbonyl (C=O) groups excluding carboxylic acids is 1. The third-order valence-electron chi connectivity index (χ3n) is 5.32. The van der Waals surface area contributed by atoms with Gasteiger partial charge in [-0.15, -0.1) is 5.10 Å². The number of anilines is 1. The number of phenols is 1. The Morgan fingerprint density at radius 1 is 1.42 bits per heavy atom. The highest BCUT2D eigenvalue weighted by Crippen LogP contribution is 2.16. The number of piperidine rings is 1. The minimum absolute atomic E-state index is 0.0577. The van der Waals surface area contributed by atoms with Crippen molar-refractivity contribution in [3.63, 3.8) is 0 Å². The quantitative estimate of drug-likeness (QED) is 0.303. The number of quaternary nitrogens is 1. The molecule has 5 N–H and O–H groups in total. The van der Waals surface area contributed by atoms with Gasteiger partial charge in [0.2, 0.25) is 11.6 Å². The number of nitrogen functional groups attached to an aromatic ring is 1. The van der Waals surface area contributed by atoms with Crippen molar-refractivity contribution < 1.29 is 19.4 Å². The van der Waals surface area contributed by atoms with Gasteiger partial charge in [0.05, 0.1) is 19.3 Å². The van der Waals surface area contributed by atoms with E-state index in [4.69, 9.17) is 5.73 Å². The van der Waals surface area contributed by atoms with Gasteiger partial charge < -0.3 is 15.7 Å². The van der Waals surface area contributed by atoms with E-state index in [0.29, 0.717) is 23.7 Å². The Morgan fingerprint density at radius 2 is 2.23 bits per heavy atom. The molecule has 0 spiro atoms. The van der Waals surface area contributed by atoms with Gasteiger partial charge in [-0.05, 0) is 46.8 Å². The number of phenolic OH excluding ortho intramolecular Hbond substituents is 1. The molecule has 162 valence electrons. The van der Waals surface area contributed by atoms with Gasteiger partial charge in [-0.2, -0.15) is 9.78 Å². The number of aromatic nitrogens is 5. The maximum absolute atomic E-state index is 12.8. The van der Waals surface area contributed by atoms with Gasteiger partial charge in [0.15, 0.2) is 5.69 Å². The fourth-order valence-electron chi connectivity index (χ4n) is 3.55. The number of nitrogens with two attached hydrogens (primary N) is 1. The van der Waals surface area contributed by atoms with E-state index in [0.717, 1.165) is 25.9 Å². The molecule has 1 aliphatic heterocycles. The highest BCUT2D eigenvalue weighted by Gasteiger charge is 2.28. The molecule has 0 saturated carbocycles. The zero-order chi connectivity index (χ0) is 21.8. The number of nitrogens with zero attached hydrogens (tertiary/aromatic N) is 6. The Morgan fingerprint density at radius 3 is 2.94 bits per heavy atom. The lowest BCUT2D eigenvalue weighted by Gasteiger charge is -2.27. The molecule has 1 aliphatic rings. The molecule has 1 fully saturated rings. The second-order valence-electron chi connectivity index (χ2n) is 7.67. The minimum atomic E-state index is -0.516. The molecule has 2 aromatic heterocycles. The van der Waals surface area contributed by atoms with E-state index in [1.54, 1.807) is 18.2 Å². The highest BCUT2D eigenvalue weighted by molar-refractivity contribution is 5.94. The SMILES string of the molecule is CC1CC[NH+](Cc2c(C(=O)NN=Cc3cccc(O)c3)nnn2-c2nonc2N)CC1. The molecule has 1 aromatic carbocycles. The number of hydrogen-bond donors (Lipinski definition) is 4. The standard InChI is InChI=1S/C19H23N9O3/c1-12-5-7-27(8-6-12)11-15-16(22-26-28(15)18-17(20)24-31-25-18)19(30)23-21-10-13-3-2-4-14(29)9-13/h2-4,9-10,12,29H,5-8,11H2,1H3,(H2,20,24)(H,23,30)/p+1. The molecule has 0 aliphatic carbocycles. The number of likely N-dealkylation sites (tertiary alicyclic amines) is 1. The van der Waals surface area contributed by atoms with Gasteiger partial charge in [0, 0.05) is 0 Å². The Balaban J connectivity index is 1.56. The van der Waals surface area contributed by atoms with E-state index in [-0.39, 0.29) is 23.1 Å². The van der Waals surface area contributed by atoms with Crippen LogP contribution < -0.4 is 16.1 Å². The Kier molecular flexibility index (Phi) is 5.89. The van der Waals surface area contributed by atoms with E-state index >= 15 is 0 Å². The zero-order valence-corrected chi connectivity index (χ0v) is 17.0. The number of carbonyl (C=O) groups is 1. The second kappa shape index (κ2) is 8.92. The lowest BCUT2D eigenvalue weighted by Crippen LogP contribution is -3.11. The molecular weight excluding hydrogens is 402 g/mol. The summed E-state index contributed by atoms with van der Waals surface area (Å²) in [5.41, 5.74) is 9.60. The van der Waals surface area contributed by atoms with Crippen LogP contribution in [0.25, 0.3) is 5.82 Å². The van der Waals surface area contributed by atoms with Crippen molar-refractivity contribution >= 4 is 17.9 Å². The van der Waals surface area contributed by atoms with Crippen LogP contribution in [-0.2, 0) is 6.54 Å². The van der Waals surface area contributed by atoms with Gasteiger partial charge in [0.1, 0.15) is 18.0 Å². The van der Waals surface area contributed by atoms with Crippen LogP contribution >= 0.6 is 0 Å². The van der Waals surface area contributed by atoms with E-state index in [1.807, 2.05) is 0 Å². The first-order valence-electron chi connectivity index (χ1n) is 10.00. The number of nitrogens with one attached hydrogen (secondary N) is 2. The van der Waals surface area contributed by atoms with Gasteiger partial charge >= 0.3 is 0 Å². The molecule has 0 atom stereocenters. The van der Waals surface area contributed by atoms with E-state index in [1.165, 1.54) is 21.9 Å². The average Bonchev–Trinajstić information content (AvgIpc) is 3.35. The lowest BCUT2D eigenvalue weighted by atomic mass is 9.99. The molecule has 1 saturated heterocycles. The molecule has 0 radical (unpaired) electrons. The molecular formula is C19H24N9O3+. The molecule has 12 nitrogen and oxygen atoms in total. The number of amides is 1. The first-order valence-corrected chi connectivity index (χ1v) is 10.00. The summed E-state index contributed by atoms with van der Waals surface area (Å²) in [6.07, 6.45) is 3.65. The monoisotopic (exact) mass is 426 g/mol. The van der Waals surface area contributed by atoms with Crippen LogP contribution in [-0.4, -0.2) is 55.6 Å². The molecule has 12 heteroatoms. The molecule has 0 bridgehead atoms. The first kappa shape index (κ1) is 20.5. The fourth-order valence-corrected chi connectivity index (χ4v) is 3.55. The Labute approximate surface area is 177 Å². The molecule has 3 heterocycles. The number of benzene rings is 1. The van der Waals surface area contributed by atoms with Crippen LogP contribution in [0.1, 0.15) is 41.5 Å². The summed E-state index contributed by atoms with van der Waals surface area (Å²) in [6, 6.07) is 6.51. The van der Waals surface area contributed by atoms with Crippen molar-refractivity contribution in [1.82, 2.24) is 30.7 Å². The van der Waals surface area contributed by atoms with Crippen LogP contribution in [0.4, 0.5) is 5.82 Å². The minimum Gasteiger partial charge on any atom is -0.508 e. The van der Waals surface area contributed by atoms with Crippen molar-refractivity contribution in [2.45, 2.75) is 26.3 Å². The predicted octanol–water partition coefficient (Wildman–Crippen LogP) is -0.483. The van der Waals surface area contributed by atoms with Gasteiger partial charge in [-0.1, -0.05) is 24.3 Å². The molecule has 1 amide bonds. The Bertz CT molecular complexity index is 1080. The summed E-state index contributed by atoms with van der Waals surface area (Å²) in [4.78, 5) is 14.1. The van der Waals surface area contributed by atoms with Crippen LogP contribution in [0, 0.1) is 5.92 Å². The third kappa shape index (κ3) is 4.69. The molecule has 0 unspecified atom stereocenters. The molecule has 3 aromatic rings. The van der Waals surface area contributed by atoms with Crippen molar-refractivity contribution in [2.75, 3.05) is 18.8 Å². The summed E-state index contributed by atoms with van der Waals surface area (Å²) < 4.78 is 6.08. The van der Waals surface area contributed by atoms with Crippen LogP contribution in [0.2, 0.25) is 0 Å². The smallest absolute Gasteiger partial charge is 0.294 e. The Hall–Kier alpha value is -3.80. The number of hydrazone groups is 1. The third-order valence-corrected chi connectivity index (χ3v) is 5.32. The summed E-state index contributed by atoms with van der Waals surface area (Å²) >= 11 is 0. The maximum atomic E-state index is 12.8. The summed E-state index contributed by atoms with van der Waals surface area (Å²) in [5.74, 6) is 0.532. The van der Waals surface area contributed by atoms with Crippen molar-refractivity contribution in [3.05, 3.63) is 41.2 Å². The topological polar surface area (TPSA) is 162 Å². The van der Waals surface area contributed by atoms with Gasteiger partial charge in [-0.25, -0.2) is 10.1 Å². The van der Waals surface area contributed by atoms with Crippen molar-refractivity contribution in [2.24, 2.45) is 11.0 Å². The number of rotatable bonds is 6. The van der Waals surface area contributed by atoms with Crippen molar-refractivity contribution in [3.8, 4) is 11.6 Å². The van der Waals surface area contributed by atoms with Crippen LogP contribution in [0.5, 0.6) is 5.75 Å². The fraction of sp³-hybridized carbons (Fsp3) is 0.368. The van der Waals surface area contributed by atoms with Crippen molar-refractivity contribution in [1.29, 1.82) is 0 Å². The molecule has 31 heavy (non-hydrogen) atoms. The van der Waals surface area contributed by atoms with Crippen LogP contribution in [0.3, 0.4) is 0 Å². The summed E-state index contributed by atoms with van der Waals surface area (Å²) in [7, 11) is 0. The van der Waals surface area contributed by atoms with Gasteiger partial charge in [-0.3, -0.25) is 4.79 Å². The first-order chi connectivity index (χ1) is 15.0. The van der Waals surface area contributed by atoms with Gasteiger partial charge in [0.25, 0.3) is 5.91 Å². The maximum Gasteiger partial charge on any atom is 0.294 e. The normalized spacial score (nSPS) is 19.0. The molecule has 4 rings (SSSR count). The largest absolute Gasteiger partial charge is 0.508 e. The number of aromatic hydroxyl groups is 1. The average molecular weight is 426 g/mol. The summed E-state index contributed by atoms with van der Waals surface area (Å²) in [5, 5.41) is 29.0. The van der Waals surface area contributed by atoms with E-state index in [9.17, 15) is 9.90 Å². The second-order valence-corrected chi connectivity index (χ2v) is 7.67. The zero-order valence-electron chi connectivity index (χ0n) is 17.0. The van der Waals surface area contributed by atoms with E-state index in [2.05, 4.69) is 42.7 Å². The van der Waals surface area contributed by atoms with E-state index < -0.39 is 5.91 Å². The van der Waals surface area contributed by atoms with Crippen LogP contribution in [0.15, 0.2) is 34.0 Å². The lowest BCUT2D eigenvalue weighted by molar-refractivity contribution is -0.920. The summed E-state index contributed by atoms with van der Waals surface area (Å²) in [6.45, 7) is 4.73. The number of hydrogen-bond acceptors (Lipinski definition) is 9. The predicted molar refractivity (Wildman–Crippen MR) is 110 cm³/mol. The highest BCUT2D eigenvalue weighted by atomic mass is 16.6.